The number of nitrogens with one attached hydrogen (secondary N) is 2. The van der Waals surface area contributed by atoms with E-state index >= 15 is 0 Å². The molecule has 0 spiro atoms. The van der Waals surface area contributed by atoms with Gasteiger partial charge in [0.15, 0.2) is 0 Å². The molecule has 3 amide bonds. The van der Waals surface area contributed by atoms with Gasteiger partial charge in [-0.2, -0.15) is 0 Å². The quantitative estimate of drug-likeness (QED) is 0.219. The van der Waals surface area contributed by atoms with E-state index in [1.165, 1.54) is 36.0 Å². The van der Waals surface area contributed by atoms with Crippen molar-refractivity contribution in [3.63, 3.8) is 0 Å². The summed E-state index contributed by atoms with van der Waals surface area (Å²) in [6, 6.07) is 20.6. The molecule has 0 saturated carbocycles. The van der Waals surface area contributed by atoms with Crippen LogP contribution in [0.1, 0.15) is 0 Å². The molecule has 2 N–H and O–H groups in total. The van der Waals surface area contributed by atoms with E-state index in [2.05, 4.69) is 16.7 Å². The number of thioether (sulfide) groups is 2. The fourth-order valence-corrected chi connectivity index (χ4v) is 6.10. The smallest absolute Gasteiger partial charge is 0.325 e. The molecule has 0 aromatic heterocycles. The molecule has 3 aromatic carbocycles. The van der Waals surface area contributed by atoms with Crippen LogP contribution >= 0.6 is 23.5 Å². The zero-order valence-corrected chi connectivity index (χ0v) is 21.1. The van der Waals surface area contributed by atoms with E-state index in [1.54, 1.807) is 16.7 Å². The van der Waals surface area contributed by atoms with E-state index in [4.69, 9.17) is 0 Å². The molecule has 1 aliphatic carbocycles. The molecule has 5 rings (SSSR count). The minimum atomic E-state index is -0.489. The second kappa shape index (κ2) is 10.9. The van der Waals surface area contributed by atoms with Gasteiger partial charge in [-0.25, -0.2) is 4.79 Å². The highest BCUT2D eigenvalue weighted by molar-refractivity contribution is 8.00. The van der Waals surface area contributed by atoms with Gasteiger partial charge in [0.05, 0.1) is 27.7 Å². The summed E-state index contributed by atoms with van der Waals surface area (Å²) in [6.45, 7) is 0. The summed E-state index contributed by atoms with van der Waals surface area (Å²) >= 11 is 3.08. The van der Waals surface area contributed by atoms with Gasteiger partial charge in [-0.1, -0.05) is 42.5 Å². The van der Waals surface area contributed by atoms with Crippen LogP contribution in [0.4, 0.5) is 27.5 Å². The number of nitro benzene ring substituents is 1. The number of fused-ring (bicyclic) bond motifs is 2. The fraction of sp³-hybridized carbons (Fsp3) is 0.111. The Morgan fingerprint density at radius 1 is 0.946 bits per heavy atom. The first-order valence-corrected chi connectivity index (χ1v) is 13.3. The number of carbonyl (C=O) groups excluding carboxylic acids is 2. The maximum absolute atomic E-state index is 13.5. The van der Waals surface area contributed by atoms with Gasteiger partial charge in [0.2, 0.25) is 5.91 Å². The number of hydrogen-bond donors (Lipinski definition) is 2. The normalized spacial score (nSPS) is 17.5. The maximum atomic E-state index is 13.5. The number of benzene rings is 3. The van der Waals surface area contributed by atoms with Crippen molar-refractivity contribution in [2.24, 2.45) is 0 Å². The summed E-state index contributed by atoms with van der Waals surface area (Å²) in [4.78, 5) is 39.8. The van der Waals surface area contributed by atoms with Crippen molar-refractivity contribution in [2.75, 3.05) is 21.3 Å². The largest absolute Gasteiger partial charge is 0.326 e. The molecule has 0 saturated heterocycles. The number of hydrogen-bond acceptors (Lipinski definition) is 6. The molecule has 3 aromatic rings. The highest BCUT2D eigenvalue weighted by Gasteiger charge is 2.36. The summed E-state index contributed by atoms with van der Waals surface area (Å²) in [5.41, 5.74) is 1.96. The van der Waals surface area contributed by atoms with Gasteiger partial charge in [0.1, 0.15) is 0 Å². The minimum absolute atomic E-state index is 0.0375. The number of nitro groups is 1. The van der Waals surface area contributed by atoms with Crippen molar-refractivity contribution >= 4 is 58.2 Å². The average molecular weight is 531 g/mol. The predicted molar refractivity (Wildman–Crippen MR) is 149 cm³/mol. The fourth-order valence-electron chi connectivity index (χ4n) is 4.08. The van der Waals surface area contributed by atoms with Crippen LogP contribution in [0, 0.1) is 10.1 Å². The van der Waals surface area contributed by atoms with Gasteiger partial charge in [-0.3, -0.25) is 19.8 Å². The Morgan fingerprint density at radius 2 is 1.73 bits per heavy atom. The number of non-ortho nitro benzene ring substituents is 1. The average Bonchev–Trinajstić information content (AvgIpc) is 2.91. The molecule has 0 fully saturated rings. The molecule has 1 heterocycles. The molecule has 0 radical (unpaired) electrons. The number of anilines is 3. The van der Waals surface area contributed by atoms with Gasteiger partial charge in [-0.15, -0.1) is 23.5 Å². The van der Waals surface area contributed by atoms with E-state index in [9.17, 15) is 19.7 Å². The Morgan fingerprint density at radius 3 is 2.54 bits per heavy atom. The van der Waals surface area contributed by atoms with Crippen LogP contribution in [-0.2, 0) is 4.79 Å². The molecule has 2 atom stereocenters. The number of rotatable bonds is 6. The van der Waals surface area contributed by atoms with Crippen molar-refractivity contribution in [3.8, 4) is 0 Å². The van der Waals surface area contributed by atoms with Crippen LogP contribution in [-0.4, -0.2) is 33.9 Å². The van der Waals surface area contributed by atoms with Crippen molar-refractivity contribution in [2.45, 2.75) is 21.1 Å². The standard InChI is InChI=1S/C27H22N4O4S2/c32-26(28-18-12-14-20(15-13-18)31(34)35)17-36-21-7-5-6-19(16-21)29-27(33)30-22-8-1-3-10-24(22)37-25-11-4-2-9-23(25)30/h1-16,22,24H,17H2,(H,28,32)(H,29,33). The molecular formula is C27H22N4O4S2. The molecule has 0 bridgehead atoms. The van der Waals surface area contributed by atoms with E-state index in [0.717, 1.165) is 15.5 Å². The van der Waals surface area contributed by atoms with Crippen LogP contribution in [0.25, 0.3) is 0 Å². The Kier molecular flexibility index (Phi) is 7.29. The third-order valence-electron chi connectivity index (χ3n) is 5.78. The predicted octanol–water partition coefficient (Wildman–Crippen LogP) is 6.33. The number of urea groups is 1. The van der Waals surface area contributed by atoms with Crippen LogP contribution in [0.5, 0.6) is 0 Å². The van der Waals surface area contributed by atoms with Gasteiger partial charge < -0.3 is 10.6 Å². The summed E-state index contributed by atoms with van der Waals surface area (Å²) in [5.74, 6) is -0.0923. The van der Waals surface area contributed by atoms with Crippen molar-refractivity contribution in [1.29, 1.82) is 0 Å². The summed E-state index contributed by atoms with van der Waals surface area (Å²) in [6.07, 6.45) is 8.14. The van der Waals surface area contributed by atoms with Crippen LogP contribution in [0.2, 0.25) is 0 Å². The molecule has 8 nitrogen and oxygen atoms in total. The Hall–Kier alpha value is -4.02. The molecule has 186 valence electrons. The first-order chi connectivity index (χ1) is 18.0. The van der Waals surface area contributed by atoms with E-state index in [0.29, 0.717) is 11.4 Å². The lowest BCUT2D eigenvalue weighted by atomic mass is 10.1. The minimum Gasteiger partial charge on any atom is -0.325 e. The lowest BCUT2D eigenvalue weighted by Gasteiger charge is -2.40. The van der Waals surface area contributed by atoms with Crippen LogP contribution < -0.4 is 15.5 Å². The maximum Gasteiger partial charge on any atom is 0.326 e. The highest BCUT2D eigenvalue weighted by atomic mass is 32.2. The summed E-state index contributed by atoms with van der Waals surface area (Å²) < 4.78 is 0. The van der Waals surface area contributed by atoms with Crippen molar-refractivity contribution in [1.82, 2.24) is 0 Å². The topological polar surface area (TPSA) is 105 Å². The van der Waals surface area contributed by atoms with Crippen molar-refractivity contribution in [3.05, 3.63) is 107 Å². The number of amides is 3. The van der Waals surface area contributed by atoms with E-state index in [-0.39, 0.29) is 34.7 Å². The number of allylic oxidation sites excluding steroid dienone is 2. The first-order valence-electron chi connectivity index (χ1n) is 11.5. The van der Waals surface area contributed by atoms with Gasteiger partial charge in [-0.05, 0) is 42.5 Å². The third kappa shape index (κ3) is 5.71. The zero-order valence-electron chi connectivity index (χ0n) is 19.4. The highest BCUT2D eigenvalue weighted by Crippen LogP contribution is 2.43. The molecule has 2 aliphatic rings. The van der Waals surface area contributed by atoms with Gasteiger partial charge in [0, 0.05) is 33.3 Å². The van der Waals surface area contributed by atoms with Crippen LogP contribution in [0.15, 0.2) is 107 Å². The van der Waals surface area contributed by atoms with E-state index < -0.39 is 4.92 Å². The SMILES string of the molecule is O=C(CSc1cccc(NC(=O)N2c3ccccc3SC3C=CC=CC32)c1)Nc1ccc([N+](=O)[O-])cc1. The lowest BCUT2D eigenvalue weighted by Crippen LogP contribution is -2.49. The second-order valence-corrected chi connectivity index (χ2v) is 10.5. The van der Waals surface area contributed by atoms with Crippen molar-refractivity contribution < 1.29 is 14.5 Å². The molecule has 1 aliphatic heterocycles. The second-order valence-electron chi connectivity index (χ2n) is 8.28. The third-order valence-corrected chi connectivity index (χ3v) is 8.08. The molecular weight excluding hydrogens is 508 g/mol. The summed E-state index contributed by atoms with van der Waals surface area (Å²) in [7, 11) is 0. The molecule has 37 heavy (non-hydrogen) atoms. The number of nitrogens with zero attached hydrogens (tertiary/aromatic N) is 2. The number of para-hydroxylation sites is 1. The Bertz CT molecular complexity index is 1410. The van der Waals surface area contributed by atoms with Gasteiger partial charge in [0.25, 0.3) is 5.69 Å². The molecule has 2 unspecified atom stereocenters. The molecule has 10 heteroatoms. The first kappa shape index (κ1) is 24.7. The summed E-state index contributed by atoms with van der Waals surface area (Å²) in [5, 5.41) is 16.7. The lowest BCUT2D eigenvalue weighted by molar-refractivity contribution is -0.384. The van der Waals surface area contributed by atoms with E-state index in [1.807, 2.05) is 66.8 Å². The monoisotopic (exact) mass is 530 g/mol. The number of carbonyl (C=O) groups is 2. The van der Waals surface area contributed by atoms with Gasteiger partial charge >= 0.3 is 6.03 Å². The Labute approximate surface area is 222 Å². The zero-order chi connectivity index (χ0) is 25.8. The Balaban J connectivity index is 1.23. The van der Waals surface area contributed by atoms with Crippen LogP contribution in [0.3, 0.4) is 0 Å².